The van der Waals surface area contributed by atoms with Gasteiger partial charge in [-0.2, -0.15) is 0 Å². The molecule has 26 heavy (non-hydrogen) atoms. The van der Waals surface area contributed by atoms with Crippen molar-refractivity contribution in [3.8, 4) is 0 Å². The summed E-state index contributed by atoms with van der Waals surface area (Å²) in [5.74, 6) is -0.0137. The van der Waals surface area contributed by atoms with E-state index < -0.39 is 10.0 Å². The molecule has 2 aliphatic heterocycles. The highest BCUT2D eigenvalue weighted by Gasteiger charge is 2.30. The van der Waals surface area contributed by atoms with Crippen LogP contribution in [0.15, 0.2) is 53.4 Å². The Hall–Kier alpha value is -2.34. The molecule has 0 spiro atoms. The summed E-state index contributed by atoms with van der Waals surface area (Å²) in [6.45, 7) is 2.02. The number of anilines is 1. The number of amides is 1. The molecule has 6 heteroatoms. The van der Waals surface area contributed by atoms with Gasteiger partial charge in [0, 0.05) is 25.2 Å². The third-order valence-electron chi connectivity index (χ3n) is 5.18. The predicted molar refractivity (Wildman–Crippen MR) is 101 cm³/mol. The van der Waals surface area contributed by atoms with Gasteiger partial charge in [-0.15, -0.1) is 0 Å². The molecule has 0 aromatic heterocycles. The van der Waals surface area contributed by atoms with Crippen molar-refractivity contribution in [1.29, 1.82) is 0 Å². The highest BCUT2D eigenvalue weighted by molar-refractivity contribution is 7.92. The van der Waals surface area contributed by atoms with Crippen LogP contribution in [0.1, 0.15) is 35.2 Å². The van der Waals surface area contributed by atoms with Crippen molar-refractivity contribution in [3.63, 3.8) is 0 Å². The van der Waals surface area contributed by atoms with Crippen LogP contribution in [0.4, 0.5) is 5.69 Å². The van der Waals surface area contributed by atoms with Crippen molar-refractivity contribution in [2.24, 2.45) is 0 Å². The lowest BCUT2D eigenvalue weighted by Crippen LogP contribution is -2.35. The Kier molecular flexibility index (Phi) is 4.44. The van der Waals surface area contributed by atoms with Gasteiger partial charge >= 0.3 is 0 Å². The fourth-order valence-corrected chi connectivity index (χ4v) is 5.24. The van der Waals surface area contributed by atoms with E-state index in [-0.39, 0.29) is 10.8 Å². The summed E-state index contributed by atoms with van der Waals surface area (Å²) in [5, 5.41) is 0. The smallest absolute Gasteiger partial charge is 0.264 e. The molecule has 5 nitrogen and oxygen atoms in total. The number of piperidine rings is 1. The van der Waals surface area contributed by atoms with Crippen LogP contribution < -0.4 is 4.31 Å². The van der Waals surface area contributed by atoms with E-state index in [0.29, 0.717) is 12.1 Å². The molecule has 0 bridgehead atoms. The maximum Gasteiger partial charge on any atom is 0.264 e. The molecular weight excluding hydrogens is 348 g/mol. The summed E-state index contributed by atoms with van der Waals surface area (Å²) in [6, 6.07) is 13.9. The van der Waals surface area contributed by atoms with E-state index in [1.54, 1.807) is 24.3 Å². The standard InChI is InChI=1S/C20H22N2O3S/c23-20(21-13-4-1-5-14-21)17-8-10-18(11-9-17)26(24,25)22-15-12-16-6-2-3-7-19(16)22/h2-3,6-11H,1,4-5,12-15H2. The first-order chi connectivity index (χ1) is 12.6. The lowest BCUT2D eigenvalue weighted by atomic mass is 10.1. The fraction of sp³-hybridized carbons (Fsp3) is 0.350. The summed E-state index contributed by atoms with van der Waals surface area (Å²) in [5.41, 5.74) is 2.35. The van der Waals surface area contributed by atoms with Gasteiger partial charge < -0.3 is 4.90 Å². The largest absolute Gasteiger partial charge is 0.339 e. The van der Waals surface area contributed by atoms with E-state index in [0.717, 1.165) is 50.0 Å². The second-order valence-electron chi connectivity index (χ2n) is 6.83. The number of benzene rings is 2. The maximum absolute atomic E-state index is 13.0. The van der Waals surface area contributed by atoms with Crippen LogP contribution >= 0.6 is 0 Å². The molecule has 4 rings (SSSR count). The number of carbonyl (C=O) groups is 1. The zero-order valence-electron chi connectivity index (χ0n) is 14.6. The Morgan fingerprint density at radius 2 is 1.54 bits per heavy atom. The zero-order valence-corrected chi connectivity index (χ0v) is 15.4. The van der Waals surface area contributed by atoms with E-state index in [9.17, 15) is 13.2 Å². The quantitative estimate of drug-likeness (QED) is 0.834. The SMILES string of the molecule is O=C(c1ccc(S(=O)(=O)N2CCc3ccccc32)cc1)N1CCCCC1. The number of nitrogens with zero attached hydrogens (tertiary/aromatic N) is 2. The minimum atomic E-state index is -3.61. The number of fused-ring (bicyclic) bond motifs is 1. The first-order valence-corrected chi connectivity index (χ1v) is 10.5. The van der Waals surface area contributed by atoms with E-state index in [4.69, 9.17) is 0 Å². The minimum absolute atomic E-state index is 0.0137. The number of para-hydroxylation sites is 1. The van der Waals surface area contributed by atoms with Gasteiger partial charge in [-0.1, -0.05) is 18.2 Å². The van der Waals surface area contributed by atoms with Crippen LogP contribution in [0.2, 0.25) is 0 Å². The molecule has 0 aliphatic carbocycles. The molecule has 2 aromatic carbocycles. The molecule has 0 N–H and O–H groups in total. The molecule has 0 atom stereocenters. The van der Waals surface area contributed by atoms with Crippen molar-refractivity contribution in [2.75, 3.05) is 23.9 Å². The molecule has 2 aromatic rings. The second kappa shape index (κ2) is 6.76. The topological polar surface area (TPSA) is 57.7 Å². The van der Waals surface area contributed by atoms with Crippen LogP contribution in [0.3, 0.4) is 0 Å². The molecule has 2 heterocycles. The van der Waals surface area contributed by atoms with Crippen molar-refractivity contribution in [3.05, 3.63) is 59.7 Å². The molecule has 0 unspecified atom stereocenters. The van der Waals surface area contributed by atoms with Gasteiger partial charge in [0.05, 0.1) is 10.6 Å². The number of likely N-dealkylation sites (tertiary alicyclic amines) is 1. The fourth-order valence-electron chi connectivity index (χ4n) is 3.73. The van der Waals surface area contributed by atoms with E-state index in [2.05, 4.69) is 0 Å². The Morgan fingerprint density at radius 1 is 0.846 bits per heavy atom. The third kappa shape index (κ3) is 2.98. The number of carbonyl (C=O) groups excluding carboxylic acids is 1. The molecule has 136 valence electrons. The molecule has 0 saturated carbocycles. The minimum Gasteiger partial charge on any atom is -0.339 e. The summed E-state index contributed by atoms with van der Waals surface area (Å²) in [4.78, 5) is 14.6. The van der Waals surface area contributed by atoms with Gasteiger partial charge in [-0.3, -0.25) is 9.10 Å². The van der Waals surface area contributed by atoms with Crippen molar-refractivity contribution >= 4 is 21.6 Å². The van der Waals surface area contributed by atoms with Crippen molar-refractivity contribution in [1.82, 2.24) is 4.90 Å². The van der Waals surface area contributed by atoms with Crippen LogP contribution in [0.5, 0.6) is 0 Å². The first kappa shape index (κ1) is 17.1. The second-order valence-corrected chi connectivity index (χ2v) is 8.70. The molecule has 0 radical (unpaired) electrons. The zero-order chi connectivity index (χ0) is 18.1. The lowest BCUT2D eigenvalue weighted by Gasteiger charge is -2.26. The lowest BCUT2D eigenvalue weighted by molar-refractivity contribution is 0.0724. The number of hydrogen-bond acceptors (Lipinski definition) is 3. The van der Waals surface area contributed by atoms with Gasteiger partial charge in [0.2, 0.25) is 0 Å². The normalized spacial score (nSPS) is 17.2. The van der Waals surface area contributed by atoms with Crippen molar-refractivity contribution in [2.45, 2.75) is 30.6 Å². The van der Waals surface area contributed by atoms with E-state index in [1.807, 2.05) is 29.2 Å². The Bertz CT molecular complexity index is 916. The van der Waals surface area contributed by atoms with E-state index >= 15 is 0 Å². The van der Waals surface area contributed by atoms with Crippen LogP contribution in [0.25, 0.3) is 0 Å². The van der Waals surface area contributed by atoms with Gasteiger partial charge in [0.1, 0.15) is 0 Å². The third-order valence-corrected chi connectivity index (χ3v) is 7.00. The number of rotatable bonds is 3. The molecule has 1 saturated heterocycles. The highest BCUT2D eigenvalue weighted by Crippen LogP contribution is 2.32. The summed E-state index contributed by atoms with van der Waals surface area (Å²) in [6.07, 6.45) is 3.96. The number of hydrogen-bond donors (Lipinski definition) is 0. The highest BCUT2D eigenvalue weighted by atomic mass is 32.2. The average Bonchev–Trinajstić information content (AvgIpc) is 3.13. The van der Waals surface area contributed by atoms with Crippen LogP contribution in [-0.2, 0) is 16.4 Å². The average molecular weight is 370 g/mol. The summed E-state index contributed by atoms with van der Waals surface area (Å²) < 4.78 is 27.5. The van der Waals surface area contributed by atoms with Gasteiger partial charge in [0.15, 0.2) is 0 Å². The Balaban J connectivity index is 1.57. The van der Waals surface area contributed by atoms with Gasteiger partial charge in [-0.25, -0.2) is 8.42 Å². The van der Waals surface area contributed by atoms with E-state index in [1.165, 1.54) is 4.31 Å². The Labute approximate surface area is 154 Å². The molecule has 1 fully saturated rings. The molecule has 2 aliphatic rings. The predicted octanol–water partition coefficient (Wildman–Crippen LogP) is 3.06. The van der Waals surface area contributed by atoms with Crippen LogP contribution in [-0.4, -0.2) is 38.9 Å². The molecular formula is C20H22N2O3S. The first-order valence-electron chi connectivity index (χ1n) is 9.07. The van der Waals surface area contributed by atoms with Gasteiger partial charge in [0.25, 0.3) is 15.9 Å². The maximum atomic E-state index is 13.0. The van der Waals surface area contributed by atoms with Crippen LogP contribution in [0, 0.1) is 0 Å². The number of sulfonamides is 1. The Morgan fingerprint density at radius 3 is 2.27 bits per heavy atom. The summed E-state index contributed by atoms with van der Waals surface area (Å²) >= 11 is 0. The summed E-state index contributed by atoms with van der Waals surface area (Å²) in [7, 11) is -3.61. The molecule has 1 amide bonds. The monoisotopic (exact) mass is 370 g/mol. The van der Waals surface area contributed by atoms with Crippen molar-refractivity contribution < 1.29 is 13.2 Å². The van der Waals surface area contributed by atoms with Gasteiger partial charge in [-0.05, 0) is 61.6 Å².